The predicted octanol–water partition coefficient (Wildman–Crippen LogP) is 12.1. The first-order chi connectivity index (χ1) is 24.8. The molecule has 240 valence electrons. The molecule has 1 aliphatic heterocycles. The Labute approximate surface area is 294 Å². The SMILES string of the molecule is C1=CCc2cc(C3C=Cc4c(c5ccccc5n4-c4cc(-c5ccccc5)cc(-c5ccccc5)c4)C3)ccc2N(c2ccccc2)CC=C1. The Bertz CT molecular complexity index is 2340. The van der Waals surface area contributed by atoms with E-state index in [1.807, 2.05) is 0 Å². The lowest BCUT2D eigenvalue weighted by Crippen LogP contribution is -2.18. The van der Waals surface area contributed by atoms with Crippen LogP contribution in [0.3, 0.4) is 0 Å². The van der Waals surface area contributed by atoms with Gasteiger partial charge in [-0.3, -0.25) is 0 Å². The van der Waals surface area contributed by atoms with Crippen LogP contribution in [0.2, 0.25) is 0 Å². The van der Waals surface area contributed by atoms with Crippen LogP contribution in [0.25, 0.3) is 44.9 Å². The van der Waals surface area contributed by atoms with Crippen LogP contribution in [0.5, 0.6) is 0 Å². The summed E-state index contributed by atoms with van der Waals surface area (Å²) in [6, 6.07) is 55.4. The molecule has 6 aromatic carbocycles. The normalized spacial score (nSPS) is 15.3. The van der Waals surface area contributed by atoms with Gasteiger partial charge in [-0.1, -0.05) is 140 Å². The number of para-hydroxylation sites is 2. The third-order valence-corrected chi connectivity index (χ3v) is 10.2. The molecule has 7 aromatic rings. The topological polar surface area (TPSA) is 8.17 Å². The minimum atomic E-state index is 0.294. The highest BCUT2D eigenvalue weighted by Crippen LogP contribution is 2.41. The molecule has 2 aliphatic rings. The average molecular weight is 643 g/mol. The Morgan fingerprint density at radius 3 is 1.94 bits per heavy atom. The Hall–Kier alpha value is -6.12. The van der Waals surface area contributed by atoms with Gasteiger partial charge in [-0.2, -0.15) is 0 Å². The van der Waals surface area contributed by atoms with Gasteiger partial charge in [0.15, 0.2) is 0 Å². The maximum atomic E-state index is 2.48. The molecule has 2 heteroatoms. The van der Waals surface area contributed by atoms with Crippen molar-refractivity contribution in [1.29, 1.82) is 0 Å². The molecular formula is C48H38N2. The molecular weight excluding hydrogens is 605 g/mol. The molecule has 0 bridgehead atoms. The van der Waals surface area contributed by atoms with Crippen LogP contribution in [0.4, 0.5) is 11.4 Å². The van der Waals surface area contributed by atoms with Crippen molar-refractivity contribution in [2.75, 3.05) is 11.4 Å². The summed E-state index contributed by atoms with van der Waals surface area (Å²) in [5, 5.41) is 1.33. The summed E-state index contributed by atoms with van der Waals surface area (Å²) in [6.07, 6.45) is 15.5. The lowest BCUT2D eigenvalue weighted by Gasteiger charge is -2.27. The molecule has 0 spiro atoms. The van der Waals surface area contributed by atoms with E-state index in [2.05, 4.69) is 198 Å². The standard InChI is InChI=1S/C48H38N2/c1-2-15-29-49(42-21-11-5-12-22-42)46-27-25-37(30-39(46)20-6-1)38-26-28-48-45(34-38)44-23-13-14-24-47(44)50(48)43-32-40(35-16-7-3-8-17-35)31-41(33-43)36-18-9-4-10-19-36/h1-19,21-28,30-33,38H,20,29,34H2. The van der Waals surface area contributed by atoms with E-state index >= 15 is 0 Å². The van der Waals surface area contributed by atoms with Crippen molar-refractivity contribution in [3.63, 3.8) is 0 Å². The Kier molecular flexibility index (Phi) is 7.83. The number of aromatic nitrogens is 1. The van der Waals surface area contributed by atoms with Gasteiger partial charge in [-0.15, -0.1) is 0 Å². The molecule has 2 nitrogen and oxygen atoms in total. The van der Waals surface area contributed by atoms with E-state index in [9.17, 15) is 0 Å². The van der Waals surface area contributed by atoms with Gasteiger partial charge in [0.05, 0.1) is 5.52 Å². The third kappa shape index (κ3) is 5.59. The van der Waals surface area contributed by atoms with Crippen LogP contribution >= 0.6 is 0 Å². The van der Waals surface area contributed by atoms with Gasteiger partial charge in [0.1, 0.15) is 0 Å². The minimum absolute atomic E-state index is 0.294. The fourth-order valence-electron chi connectivity index (χ4n) is 7.79. The van der Waals surface area contributed by atoms with Crippen molar-refractivity contribution < 1.29 is 0 Å². The molecule has 50 heavy (non-hydrogen) atoms. The van der Waals surface area contributed by atoms with E-state index in [1.165, 1.54) is 72.6 Å². The number of anilines is 2. The second-order valence-corrected chi connectivity index (χ2v) is 13.3. The van der Waals surface area contributed by atoms with Gasteiger partial charge in [0, 0.05) is 40.6 Å². The monoisotopic (exact) mass is 642 g/mol. The van der Waals surface area contributed by atoms with Crippen molar-refractivity contribution in [2.45, 2.75) is 18.8 Å². The van der Waals surface area contributed by atoms with E-state index < -0.39 is 0 Å². The van der Waals surface area contributed by atoms with Crippen molar-refractivity contribution >= 4 is 28.4 Å². The molecule has 0 amide bonds. The summed E-state index contributed by atoms with van der Waals surface area (Å²) >= 11 is 0. The zero-order valence-corrected chi connectivity index (χ0v) is 28.0. The second-order valence-electron chi connectivity index (χ2n) is 13.3. The van der Waals surface area contributed by atoms with Crippen molar-refractivity contribution in [3.8, 4) is 27.9 Å². The van der Waals surface area contributed by atoms with Crippen molar-refractivity contribution in [3.05, 3.63) is 204 Å². The zero-order chi connectivity index (χ0) is 33.3. The molecule has 1 atom stereocenters. The van der Waals surface area contributed by atoms with Gasteiger partial charge in [0.25, 0.3) is 0 Å². The first-order valence-electron chi connectivity index (χ1n) is 17.6. The minimum Gasteiger partial charge on any atom is -0.337 e. The van der Waals surface area contributed by atoms with E-state index in [0.717, 1.165) is 19.4 Å². The molecule has 0 saturated heterocycles. The highest BCUT2D eigenvalue weighted by molar-refractivity contribution is 5.92. The number of rotatable bonds is 5. The Morgan fingerprint density at radius 1 is 0.540 bits per heavy atom. The highest BCUT2D eigenvalue weighted by Gasteiger charge is 2.25. The lowest BCUT2D eigenvalue weighted by atomic mass is 9.85. The molecule has 2 heterocycles. The predicted molar refractivity (Wildman–Crippen MR) is 211 cm³/mol. The number of nitrogens with zero attached hydrogens (tertiary/aromatic N) is 2. The van der Waals surface area contributed by atoms with Crippen LogP contribution in [0, 0.1) is 0 Å². The molecule has 9 rings (SSSR count). The van der Waals surface area contributed by atoms with Gasteiger partial charge in [-0.05, 0) is 100 Å². The second kappa shape index (κ2) is 13.1. The Balaban J connectivity index is 1.14. The summed E-state index contributed by atoms with van der Waals surface area (Å²) in [4.78, 5) is 2.43. The number of hydrogen-bond donors (Lipinski definition) is 0. The number of allylic oxidation sites excluding steroid dienone is 4. The number of hydrogen-bond acceptors (Lipinski definition) is 1. The maximum absolute atomic E-state index is 2.48. The van der Waals surface area contributed by atoms with Gasteiger partial charge in [0.2, 0.25) is 0 Å². The summed E-state index contributed by atoms with van der Waals surface area (Å²) in [7, 11) is 0. The van der Waals surface area contributed by atoms with Crippen molar-refractivity contribution in [2.24, 2.45) is 0 Å². The molecule has 0 radical (unpaired) electrons. The van der Waals surface area contributed by atoms with E-state index in [1.54, 1.807) is 0 Å². The smallest absolute Gasteiger partial charge is 0.0537 e. The van der Waals surface area contributed by atoms with Crippen LogP contribution in [-0.2, 0) is 12.8 Å². The highest BCUT2D eigenvalue weighted by atomic mass is 15.1. The largest absolute Gasteiger partial charge is 0.337 e. The van der Waals surface area contributed by atoms with E-state index in [-0.39, 0.29) is 0 Å². The maximum Gasteiger partial charge on any atom is 0.0537 e. The molecule has 1 unspecified atom stereocenters. The Morgan fingerprint density at radius 2 is 1.20 bits per heavy atom. The first kappa shape index (κ1) is 30.0. The summed E-state index contributed by atoms with van der Waals surface area (Å²) < 4.78 is 2.48. The van der Waals surface area contributed by atoms with E-state index in [0.29, 0.717) is 5.92 Å². The van der Waals surface area contributed by atoms with Crippen LogP contribution in [0.1, 0.15) is 28.3 Å². The van der Waals surface area contributed by atoms with Gasteiger partial charge < -0.3 is 9.47 Å². The molecule has 1 aromatic heterocycles. The first-order valence-corrected chi connectivity index (χ1v) is 17.6. The van der Waals surface area contributed by atoms with Crippen LogP contribution < -0.4 is 4.90 Å². The quantitative estimate of drug-likeness (QED) is 0.181. The zero-order valence-electron chi connectivity index (χ0n) is 28.0. The van der Waals surface area contributed by atoms with Gasteiger partial charge in [-0.25, -0.2) is 0 Å². The molecule has 0 N–H and O–H groups in total. The molecule has 0 fully saturated rings. The lowest BCUT2D eigenvalue weighted by molar-refractivity contribution is 0.823. The van der Waals surface area contributed by atoms with Crippen LogP contribution in [-0.4, -0.2) is 11.1 Å². The van der Waals surface area contributed by atoms with Crippen molar-refractivity contribution in [1.82, 2.24) is 4.57 Å². The summed E-state index contributed by atoms with van der Waals surface area (Å²) in [5.41, 5.74) is 15.2. The molecule has 1 aliphatic carbocycles. The third-order valence-electron chi connectivity index (χ3n) is 10.2. The molecule has 0 saturated carbocycles. The van der Waals surface area contributed by atoms with Gasteiger partial charge >= 0.3 is 0 Å². The fraction of sp³-hybridized carbons (Fsp3) is 0.0833. The van der Waals surface area contributed by atoms with E-state index in [4.69, 9.17) is 0 Å². The summed E-state index contributed by atoms with van der Waals surface area (Å²) in [5.74, 6) is 0.294. The fourth-order valence-corrected chi connectivity index (χ4v) is 7.79. The summed E-state index contributed by atoms with van der Waals surface area (Å²) in [6.45, 7) is 0.838. The number of benzene rings is 6. The average Bonchev–Trinajstić information content (AvgIpc) is 3.57. The number of fused-ring (bicyclic) bond motifs is 4. The van der Waals surface area contributed by atoms with Crippen LogP contribution in [0.15, 0.2) is 182 Å².